The number of anilines is 1. The Labute approximate surface area is 111 Å². The minimum Gasteiger partial charge on any atom is -0.396 e. The number of carbonyl (C=O) groups excluding carboxylic acids is 1. The van der Waals surface area contributed by atoms with Crippen LogP contribution >= 0.6 is 0 Å². The summed E-state index contributed by atoms with van der Waals surface area (Å²) >= 11 is 0. The molecule has 1 saturated carbocycles. The highest BCUT2D eigenvalue weighted by atomic mass is 19.1. The van der Waals surface area contributed by atoms with Crippen LogP contribution in [-0.4, -0.2) is 40.1 Å². The number of rotatable bonds is 5. The van der Waals surface area contributed by atoms with Crippen molar-refractivity contribution in [3.05, 3.63) is 23.6 Å². The summed E-state index contributed by atoms with van der Waals surface area (Å²) in [5.41, 5.74) is 5.34. The van der Waals surface area contributed by atoms with Gasteiger partial charge in [-0.1, -0.05) is 0 Å². The average Bonchev–Trinajstić information content (AvgIpc) is 2.34. The van der Waals surface area contributed by atoms with Gasteiger partial charge in [0.2, 0.25) is 0 Å². The number of aliphatic hydroxyl groups is 1. The maximum Gasteiger partial charge on any atom is 0.257 e. The number of pyridine rings is 1. The van der Waals surface area contributed by atoms with Crippen LogP contribution in [0.3, 0.4) is 0 Å². The Balaban J connectivity index is 2.20. The number of aliphatic hydroxyl groups excluding tert-OH is 1. The van der Waals surface area contributed by atoms with Gasteiger partial charge < -0.3 is 15.7 Å². The third kappa shape index (κ3) is 2.84. The molecule has 0 unspecified atom stereocenters. The molecule has 1 aromatic heterocycles. The Morgan fingerprint density at radius 3 is 2.89 bits per heavy atom. The van der Waals surface area contributed by atoms with Crippen LogP contribution in [0.2, 0.25) is 0 Å². The summed E-state index contributed by atoms with van der Waals surface area (Å²) in [5.74, 6) is -1.40. The molecule has 1 aliphatic rings. The van der Waals surface area contributed by atoms with E-state index in [2.05, 4.69) is 4.98 Å². The van der Waals surface area contributed by atoms with Crippen molar-refractivity contribution in [2.45, 2.75) is 31.7 Å². The van der Waals surface area contributed by atoms with E-state index in [0.717, 1.165) is 19.3 Å². The van der Waals surface area contributed by atoms with Gasteiger partial charge in [0, 0.05) is 25.4 Å². The Hall–Kier alpha value is -1.69. The van der Waals surface area contributed by atoms with Gasteiger partial charge >= 0.3 is 0 Å². The molecule has 19 heavy (non-hydrogen) atoms. The summed E-state index contributed by atoms with van der Waals surface area (Å²) in [4.78, 5) is 17.6. The second-order valence-corrected chi connectivity index (χ2v) is 4.72. The normalized spacial score (nSPS) is 15.1. The number of hydrogen-bond acceptors (Lipinski definition) is 4. The zero-order chi connectivity index (χ0) is 13.8. The van der Waals surface area contributed by atoms with Crippen molar-refractivity contribution in [2.24, 2.45) is 0 Å². The van der Waals surface area contributed by atoms with Gasteiger partial charge in [-0.15, -0.1) is 0 Å². The fourth-order valence-corrected chi connectivity index (χ4v) is 2.17. The number of nitrogens with two attached hydrogens (primary N) is 1. The zero-order valence-corrected chi connectivity index (χ0v) is 10.7. The molecule has 1 heterocycles. The second-order valence-electron chi connectivity index (χ2n) is 4.72. The Morgan fingerprint density at radius 2 is 2.32 bits per heavy atom. The van der Waals surface area contributed by atoms with E-state index in [1.165, 1.54) is 12.3 Å². The lowest BCUT2D eigenvalue weighted by atomic mass is 9.90. The van der Waals surface area contributed by atoms with Crippen LogP contribution in [0.1, 0.15) is 36.0 Å². The molecule has 1 amide bonds. The maximum absolute atomic E-state index is 13.8. The third-order valence-electron chi connectivity index (χ3n) is 3.48. The van der Waals surface area contributed by atoms with Gasteiger partial charge in [0.15, 0.2) is 11.6 Å². The first-order valence-corrected chi connectivity index (χ1v) is 6.47. The van der Waals surface area contributed by atoms with Crippen molar-refractivity contribution in [1.29, 1.82) is 0 Å². The van der Waals surface area contributed by atoms with Crippen LogP contribution in [-0.2, 0) is 0 Å². The molecule has 2 rings (SSSR count). The molecule has 1 aliphatic carbocycles. The standard InChI is InChI=1S/C13H18FN3O2/c14-11-10(5-6-16-12(11)15)13(19)17(7-2-8-18)9-3-1-4-9/h5-6,9,18H,1-4,7-8H2,(H2,15,16). The molecule has 0 spiro atoms. The lowest BCUT2D eigenvalue weighted by molar-refractivity contribution is 0.0558. The van der Waals surface area contributed by atoms with Gasteiger partial charge in [-0.2, -0.15) is 0 Å². The van der Waals surface area contributed by atoms with Crippen LogP contribution in [0.4, 0.5) is 10.2 Å². The van der Waals surface area contributed by atoms with Crippen molar-refractivity contribution < 1.29 is 14.3 Å². The van der Waals surface area contributed by atoms with Gasteiger partial charge in [0.1, 0.15) is 0 Å². The Bertz CT molecular complexity index is 463. The molecular weight excluding hydrogens is 249 g/mol. The minimum atomic E-state index is -0.763. The molecule has 0 aliphatic heterocycles. The number of nitrogen functional groups attached to an aromatic ring is 1. The average molecular weight is 267 g/mol. The van der Waals surface area contributed by atoms with Crippen molar-refractivity contribution in [3.8, 4) is 0 Å². The summed E-state index contributed by atoms with van der Waals surface area (Å²) in [5, 5.41) is 8.90. The lowest BCUT2D eigenvalue weighted by Crippen LogP contribution is -2.45. The van der Waals surface area contributed by atoms with E-state index in [1.807, 2.05) is 0 Å². The highest BCUT2D eigenvalue weighted by Crippen LogP contribution is 2.27. The first-order chi connectivity index (χ1) is 9.15. The largest absolute Gasteiger partial charge is 0.396 e. The fraction of sp³-hybridized carbons (Fsp3) is 0.538. The Morgan fingerprint density at radius 1 is 1.58 bits per heavy atom. The van der Waals surface area contributed by atoms with Crippen LogP contribution in [0.15, 0.2) is 12.3 Å². The number of hydrogen-bond donors (Lipinski definition) is 2. The first kappa shape index (κ1) is 13.7. The summed E-state index contributed by atoms with van der Waals surface area (Å²) in [6.07, 6.45) is 4.76. The number of aromatic nitrogens is 1. The molecule has 3 N–H and O–H groups in total. The quantitative estimate of drug-likeness (QED) is 0.839. The molecule has 0 bridgehead atoms. The molecule has 104 valence electrons. The predicted molar refractivity (Wildman–Crippen MR) is 69.0 cm³/mol. The molecule has 0 atom stereocenters. The fourth-order valence-electron chi connectivity index (χ4n) is 2.17. The Kier molecular flexibility index (Phi) is 4.31. The summed E-state index contributed by atoms with van der Waals surface area (Å²) in [7, 11) is 0. The molecule has 1 fully saturated rings. The monoisotopic (exact) mass is 267 g/mol. The van der Waals surface area contributed by atoms with Crippen molar-refractivity contribution in [2.75, 3.05) is 18.9 Å². The topological polar surface area (TPSA) is 79.5 Å². The number of nitrogens with zero attached hydrogens (tertiary/aromatic N) is 2. The van der Waals surface area contributed by atoms with E-state index in [0.29, 0.717) is 13.0 Å². The van der Waals surface area contributed by atoms with Gasteiger partial charge in [0.25, 0.3) is 5.91 Å². The zero-order valence-electron chi connectivity index (χ0n) is 10.7. The molecule has 0 saturated heterocycles. The lowest BCUT2D eigenvalue weighted by Gasteiger charge is -2.37. The predicted octanol–water partition coefficient (Wildman–Crippen LogP) is 1.18. The summed E-state index contributed by atoms with van der Waals surface area (Å²) in [6, 6.07) is 1.49. The number of amides is 1. The van der Waals surface area contributed by atoms with E-state index in [1.54, 1.807) is 4.90 Å². The number of halogens is 1. The molecule has 6 heteroatoms. The van der Waals surface area contributed by atoms with Crippen LogP contribution in [0, 0.1) is 5.82 Å². The van der Waals surface area contributed by atoms with Gasteiger partial charge in [-0.3, -0.25) is 4.79 Å². The van der Waals surface area contributed by atoms with E-state index in [-0.39, 0.29) is 29.9 Å². The van der Waals surface area contributed by atoms with Crippen molar-refractivity contribution in [3.63, 3.8) is 0 Å². The third-order valence-corrected chi connectivity index (χ3v) is 3.48. The molecule has 0 aromatic carbocycles. The summed E-state index contributed by atoms with van der Waals surface area (Å²) in [6.45, 7) is 0.444. The van der Waals surface area contributed by atoms with E-state index >= 15 is 0 Å². The van der Waals surface area contributed by atoms with Crippen LogP contribution in [0.5, 0.6) is 0 Å². The van der Waals surface area contributed by atoms with Gasteiger partial charge in [-0.05, 0) is 31.7 Å². The molecule has 5 nitrogen and oxygen atoms in total. The van der Waals surface area contributed by atoms with Gasteiger partial charge in [0.05, 0.1) is 5.56 Å². The SMILES string of the molecule is Nc1nccc(C(=O)N(CCCO)C2CCC2)c1F. The van der Waals surface area contributed by atoms with Crippen LogP contribution in [0.25, 0.3) is 0 Å². The minimum absolute atomic E-state index is 0.0114. The van der Waals surface area contributed by atoms with Crippen molar-refractivity contribution >= 4 is 11.7 Å². The van der Waals surface area contributed by atoms with E-state index in [9.17, 15) is 9.18 Å². The van der Waals surface area contributed by atoms with Gasteiger partial charge in [-0.25, -0.2) is 9.37 Å². The maximum atomic E-state index is 13.8. The van der Waals surface area contributed by atoms with E-state index in [4.69, 9.17) is 10.8 Å². The first-order valence-electron chi connectivity index (χ1n) is 6.47. The highest BCUT2D eigenvalue weighted by molar-refractivity contribution is 5.95. The smallest absolute Gasteiger partial charge is 0.257 e. The molecule has 0 radical (unpaired) electrons. The second kappa shape index (κ2) is 5.97. The van der Waals surface area contributed by atoms with Crippen molar-refractivity contribution in [1.82, 2.24) is 9.88 Å². The number of carbonyl (C=O) groups is 1. The molecule has 1 aromatic rings. The van der Waals surface area contributed by atoms with Crippen LogP contribution < -0.4 is 5.73 Å². The molecular formula is C13H18FN3O2. The highest BCUT2D eigenvalue weighted by Gasteiger charge is 2.30. The summed E-state index contributed by atoms with van der Waals surface area (Å²) < 4.78 is 13.8. The van der Waals surface area contributed by atoms with E-state index < -0.39 is 5.82 Å².